The fourth-order valence-electron chi connectivity index (χ4n) is 3.07. The molecule has 9 heteroatoms. The molecular formula is C17H20ClF3N4O. The Balaban J connectivity index is 0.00000243. The van der Waals surface area contributed by atoms with Gasteiger partial charge in [-0.15, -0.1) is 12.4 Å². The Morgan fingerprint density at radius 1 is 1.12 bits per heavy atom. The van der Waals surface area contributed by atoms with Gasteiger partial charge in [0.15, 0.2) is 0 Å². The topological polar surface area (TPSA) is 72.9 Å². The first-order valence-electron chi connectivity index (χ1n) is 8.12. The second-order valence-electron chi connectivity index (χ2n) is 6.34. The fourth-order valence-corrected chi connectivity index (χ4v) is 3.07. The van der Waals surface area contributed by atoms with E-state index in [1.54, 1.807) is 12.1 Å². The van der Waals surface area contributed by atoms with Crippen LogP contribution in [0.15, 0.2) is 36.5 Å². The summed E-state index contributed by atoms with van der Waals surface area (Å²) in [5.41, 5.74) is 5.20. The number of alkyl halides is 3. The van der Waals surface area contributed by atoms with Crippen molar-refractivity contribution in [3.63, 3.8) is 0 Å². The van der Waals surface area contributed by atoms with Crippen LogP contribution >= 0.6 is 12.4 Å². The molecule has 0 aliphatic heterocycles. The van der Waals surface area contributed by atoms with Crippen LogP contribution < -0.4 is 11.1 Å². The molecule has 0 radical (unpaired) electrons. The van der Waals surface area contributed by atoms with Gasteiger partial charge >= 0.3 is 6.18 Å². The number of nitrogens with one attached hydrogen (secondary N) is 1. The number of aromatic nitrogens is 2. The zero-order valence-electron chi connectivity index (χ0n) is 13.9. The van der Waals surface area contributed by atoms with Gasteiger partial charge in [-0.1, -0.05) is 19.3 Å². The van der Waals surface area contributed by atoms with Crippen LogP contribution in [0.25, 0.3) is 5.69 Å². The van der Waals surface area contributed by atoms with Gasteiger partial charge in [-0.25, -0.2) is 4.68 Å². The number of carbonyl (C=O) groups excluding carboxylic acids is 1. The average Bonchev–Trinajstić information content (AvgIpc) is 3.06. The molecule has 0 bridgehead atoms. The van der Waals surface area contributed by atoms with Crippen molar-refractivity contribution in [2.24, 2.45) is 5.73 Å². The number of carbonyl (C=O) groups is 1. The maximum atomic E-state index is 12.9. The smallest absolute Gasteiger partial charge is 0.324 e. The van der Waals surface area contributed by atoms with E-state index in [2.05, 4.69) is 10.4 Å². The number of halogens is 4. The summed E-state index contributed by atoms with van der Waals surface area (Å²) in [6, 6.07) is 6.95. The normalized spacial score (nSPS) is 16.6. The molecule has 1 saturated carbocycles. The highest BCUT2D eigenvalue weighted by Gasteiger charge is 2.36. The lowest BCUT2D eigenvalue weighted by atomic mass is 9.82. The summed E-state index contributed by atoms with van der Waals surface area (Å²) in [7, 11) is 0. The standard InChI is InChI=1S/C17H19F3N4O.ClH/c18-17(19,20)14-8-11-22-24(14)13-6-4-12(5-7-13)23-15(25)16(21)9-2-1-3-10-16;/h4-8,11H,1-3,9-10,21H2,(H,23,25);1H. The van der Waals surface area contributed by atoms with Crippen LogP contribution in [0.5, 0.6) is 0 Å². The lowest BCUT2D eigenvalue weighted by molar-refractivity contribution is -0.142. The number of hydrogen-bond donors (Lipinski definition) is 2. The number of rotatable bonds is 3. The maximum Gasteiger partial charge on any atom is 0.433 e. The Hall–Kier alpha value is -2.06. The summed E-state index contributed by atoms with van der Waals surface area (Å²) in [6.45, 7) is 0. The molecule has 1 fully saturated rings. The van der Waals surface area contributed by atoms with Gasteiger partial charge < -0.3 is 11.1 Å². The van der Waals surface area contributed by atoms with Gasteiger partial charge in [0.05, 0.1) is 17.4 Å². The number of amides is 1. The van der Waals surface area contributed by atoms with Gasteiger partial charge in [0, 0.05) is 5.69 Å². The Morgan fingerprint density at radius 2 is 1.73 bits per heavy atom. The van der Waals surface area contributed by atoms with Crippen molar-refractivity contribution in [2.75, 3.05) is 5.32 Å². The van der Waals surface area contributed by atoms with Crippen LogP contribution in [0, 0.1) is 0 Å². The number of hydrogen-bond acceptors (Lipinski definition) is 3. The number of benzene rings is 1. The van der Waals surface area contributed by atoms with Gasteiger partial charge in [-0.05, 0) is 43.2 Å². The molecule has 0 atom stereocenters. The second kappa shape index (κ2) is 7.67. The predicted octanol–water partition coefficient (Wildman–Crippen LogP) is 3.91. The Morgan fingerprint density at radius 3 is 2.31 bits per heavy atom. The van der Waals surface area contributed by atoms with Crippen molar-refractivity contribution in [3.8, 4) is 5.69 Å². The minimum atomic E-state index is -4.49. The molecule has 5 nitrogen and oxygen atoms in total. The summed E-state index contributed by atoms with van der Waals surface area (Å²) in [4.78, 5) is 12.4. The minimum absolute atomic E-state index is 0. The van der Waals surface area contributed by atoms with Crippen LogP contribution in [0.4, 0.5) is 18.9 Å². The third-order valence-corrected chi connectivity index (χ3v) is 4.50. The minimum Gasteiger partial charge on any atom is -0.324 e. The molecule has 3 N–H and O–H groups in total. The van der Waals surface area contributed by atoms with Crippen molar-refractivity contribution in [1.29, 1.82) is 0 Å². The van der Waals surface area contributed by atoms with Crippen molar-refractivity contribution in [2.45, 2.75) is 43.8 Å². The fraction of sp³-hybridized carbons (Fsp3) is 0.412. The first-order chi connectivity index (χ1) is 11.8. The molecule has 1 heterocycles. The van der Waals surface area contributed by atoms with Gasteiger partial charge in [0.2, 0.25) is 5.91 Å². The van der Waals surface area contributed by atoms with E-state index >= 15 is 0 Å². The SMILES string of the molecule is Cl.NC1(C(=O)Nc2ccc(-n3nccc3C(F)(F)F)cc2)CCCCC1. The van der Waals surface area contributed by atoms with E-state index in [4.69, 9.17) is 5.73 Å². The molecular weight excluding hydrogens is 369 g/mol. The zero-order valence-corrected chi connectivity index (χ0v) is 14.7. The lowest BCUT2D eigenvalue weighted by Gasteiger charge is -2.31. The molecule has 1 amide bonds. The van der Waals surface area contributed by atoms with E-state index in [1.165, 1.54) is 12.1 Å². The van der Waals surface area contributed by atoms with E-state index in [1.807, 2.05) is 0 Å². The van der Waals surface area contributed by atoms with Gasteiger partial charge in [0.25, 0.3) is 0 Å². The maximum absolute atomic E-state index is 12.9. The van der Waals surface area contributed by atoms with Crippen molar-refractivity contribution in [3.05, 3.63) is 42.2 Å². The molecule has 1 aromatic heterocycles. The molecule has 3 rings (SSSR count). The third kappa shape index (κ3) is 4.19. The highest BCUT2D eigenvalue weighted by atomic mass is 35.5. The monoisotopic (exact) mass is 388 g/mol. The molecule has 0 saturated heterocycles. The zero-order chi connectivity index (χ0) is 18.1. The van der Waals surface area contributed by atoms with Crippen LogP contribution in [-0.2, 0) is 11.0 Å². The third-order valence-electron chi connectivity index (χ3n) is 4.50. The Labute approximate surface area is 155 Å². The molecule has 26 heavy (non-hydrogen) atoms. The van der Waals surface area contributed by atoms with E-state index in [0.717, 1.165) is 36.2 Å². The van der Waals surface area contributed by atoms with Crippen LogP contribution in [0.1, 0.15) is 37.8 Å². The van der Waals surface area contributed by atoms with Gasteiger partial charge in [-0.3, -0.25) is 4.79 Å². The summed E-state index contributed by atoms with van der Waals surface area (Å²) >= 11 is 0. The van der Waals surface area contributed by atoms with Crippen molar-refractivity contribution < 1.29 is 18.0 Å². The summed E-state index contributed by atoms with van der Waals surface area (Å²) < 4.78 is 39.6. The molecule has 1 aliphatic carbocycles. The Kier molecular flexibility index (Phi) is 5.98. The number of anilines is 1. The summed E-state index contributed by atoms with van der Waals surface area (Å²) in [5, 5.41) is 6.47. The van der Waals surface area contributed by atoms with E-state index in [-0.39, 0.29) is 24.0 Å². The summed E-state index contributed by atoms with van der Waals surface area (Å²) in [5.74, 6) is -0.255. The molecule has 0 unspecified atom stereocenters. The molecule has 1 aliphatic rings. The van der Waals surface area contributed by atoms with Crippen molar-refractivity contribution >= 4 is 24.0 Å². The Bertz CT molecular complexity index is 752. The van der Waals surface area contributed by atoms with Crippen LogP contribution in [0.2, 0.25) is 0 Å². The first kappa shape index (κ1) is 20.3. The van der Waals surface area contributed by atoms with E-state index in [0.29, 0.717) is 18.5 Å². The number of nitrogens with two attached hydrogens (primary N) is 1. The molecule has 0 spiro atoms. The second-order valence-corrected chi connectivity index (χ2v) is 6.34. The van der Waals surface area contributed by atoms with Crippen molar-refractivity contribution in [1.82, 2.24) is 9.78 Å². The van der Waals surface area contributed by atoms with Gasteiger partial charge in [-0.2, -0.15) is 18.3 Å². The predicted molar refractivity (Wildman–Crippen MR) is 94.4 cm³/mol. The number of nitrogens with zero attached hydrogens (tertiary/aromatic N) is 2. The molecule has 1 aromatic carbocycles. The van der Waals surface area contributed by atoms with Crippen LogP contribution in [-0.4, -0.2) is 21.2 Å². The first-order valence-corrected chi connectivity index (χ1v) is 8.12. The van der Waals surface area contributed by atoms with Gasteiger partial charge in [0.1, 0.15) is 5.69 Å². The molecule has 142 valence electrons. The largest absolute Gasteiger partial charge is 0.433 e. The van der Waals surface area contributed by atoms with E-state index < -0.39 is 17.4 Å². The van der Waals surface area contributed by atoms with E-state index in [9.17, 15) is 18.0 Å². The summed E-state index contributed by atoms with van der Waals surface area (Å²) in [6.07, 6.45) is 0.797. The average molecular weight is 389 g/mol. The molecule has 2 aromatic rings. The van der Waals surface area contributed by atoms with Crippen LogP contribution in [0.3, 0.4) is 0 Å². The quantitative estimate of drug-likeness (QED) is 0.837. The highest BCUT2D eigenvalue weighted by Crippen LogP contribution is 2.31. The highest BCUT2D eigenvalue weighted by molar-refractivity contribution is 5.98. The lowest BCUT2D eigenvalue weighted by Crippen LogP contribution is -2.52.